The minimum atomic E-state index is -0.145. The van der Waals surface area contributed by atoms with Gasteiger partial charge in [0.15, 0.2) is 0 Å². The Morgan fingerprint density at radius 2 is 2.00 bits per heavy atom. The summed E-state index contributed by atoms with van der Waals surface area (Å²) < 4.78 is 5.42. The topological polar surface area (TPSA) is 115 Å². The fourth-order valence-electron chi connectivity index (χ4n) is 2.73. The monoisotopic (exact) mass is 378 g/mol. The number of amides is 1. The average molecular weight is 378 g/mol. The van der Waals surface area contributed by atoms with E-state index in [1.54, 1.807) is 38.6 Å². The molecule has 0 atom stereocenters. The second-order valence-electron chi connectivity index (χ2n) is 6.04. The fourth-order valence-corrected chi connectivity index (χ4v) is 2.73. The second-order valence-corrected chi connectivity index (χ2v) is 6.04. The van der Waals surface area contributed by atoms with Gasteiger partial charge in [-0.2, -0.15) is 0 Å². The Morgan fingerprint density at radius 1 is 1.14 bits per heavy atom. The van der Waals surface area contributed by atoms with Crippen LogP contribution in [0.15, 0.2) is 48.9 Å². The van der Waals surface area contributed by atoms with E-state index in [9.17, 15) is 4.79 Å². The van der Waals surface area contributed by atoms with E-state index < -0.39 is 0 Å². The first-order valence-electron chi connectivity index (χ1n) is 8.77. The molecule has 0 aliphatic carbocycles. The van der Waals surface area contributed by atoms with Crippen LogP contribution in [0.2, 0.25) is 0 Å². The molecule has 0 bridgehead atoms. The molecule has 144 valence electrons. The van der Waals surface area contributed by atoms with Gasteiger partial charge in [0, 0.05) is 37.0 Å². The highest BCUT2D eigenvalue weighted by Crippen LogP contribution is 2.22. The third kappa shape index (κ3) is 4.53. The lowest BCUT2D eigenvalue weighted by atomic mass is 10.1. The Hall–Kier alpha value is -3.68. The lowest BCUT2D eigenvalue weighted by Crippen LogP contribution is -2.18. The van der Waals surface area contributed by atoms with Crippen molar-refractivity contribution in [3.05, 3.63) is 60.0 Å². The van der Waals surface area contributed by atoms with Crippen molar-refractivity contribution >= 4 is 17.5 Å². The third-order valence-corrected chi connectivity index (χ3v) is 4.23. The highest BCUT2D eigenvalue weighted by atomic mass is 16.5. The Kier molecular flexibility index (Phi) is 6.01. The average Bonchev–Trinajstić information content (AvgIpc) is 2.74. The zero-order valence-corrected chi connectivity index (χ0v) is 15.8. The highest BCUT2D eigenvalue weighted by molar-refractivity contribution is 5.94. The van der Waals surface area contributed by atoms with Gasteiger partial charge in [0.2, 0.25) is 0 Å². The smallest absolute Gasteiger partial charge is 0.251 e. The van der Waals surface area contributed by atoms with Crippen molar-refractivity contribution < 1.29 is 9.53 Å². The maximum absolute atomic E-state index is 11.8. The number of ether oxygens (including phenoxy) is 1. The summed E-state index contributed by atoms with van der Waals surface area (Å²) in [5, 5.41) is 5.89. The van der Waals surface area contributed by atoms with Gasteiger partial charge in [0.25, 0.3) is 5.91 Å². The third-order valence-electron chi connectivity index (χ3n) is 4.23. The van der Waals surface area contributed by atoms with E-state index in [-0.39, 0.29) is 5.91 Å². The number of pyridine rings is 1. The molecule has 2 heterocycles. The summed E-state index contributed by atoms with van der Waals surface area (Å²) in [5.41, 5.74) is 8.82. The zero-order valence-electron chi connectivity index (χ0n) is 15.8. The van der Waals surface area contributed by atoms with E-state index in [1.165, 1.54) is 6.33 Å². The Morgan fingerprint density at radius 3 is 2.71 bits per heavy atom. The SMILES string of the molecule is CNC(=O)c1ccc(CCNc2cc(-c3ccc(N)nc3)ncn2)c(OC)c1. The number of carbonyl (C=O) groups excluding carboxylic acids is 1. The quantitative estimate of drug-likeness (QED) is 0.577. The van der Waals surface area contributed by atoms with Crippen molar-refractivity contribution in [1.29, 1.82) is 0 Å². The van der Waals surface area contributed by atoms with E-state index in [2.05, 4.69) is 25.6 Å². The van der Waals surface area contributed by atoms with Crippen LogP contribution in [0.25, 0.3) is 11.3 Å². The molecule has 3 rings (SSSR count). The van der Waals surface area contributed by atoms with Crippen LogP contribution in [0.1, 0.15) is 15.9 Å². The predicted molar refractivity (Wildman–Crippen MR) is 108 cm³/mol. The molecule has 0 aliphatic rings. The molecule has 0 radical (unpaired) electrons. The lowest BCUT2D eigenvalue weighted by Gasteiger charge is -2.11. The number of nitrogens with two attached hydrogens (primary N) is 1. The molecule has 8 heteroatoms. The number of aromatic nitrogens is 3. The van der Waals surface area contributed by atoms with Crippen molar-refractivity contribution in [2.45, 2.75) is 6.42 Å². The molecule has 0 aliphatic heterocycles. The van der Waals surface area contributed by atoms with Gasteiger partial charge in [0.05, 0.1) is 12.8 Å². The minimum Gasteiger partial charge on any atom is -0.496 e. The summed E-state index contributed by atoms with van der Waals surface area (Å²) in [6, 6.07) is 10.9. The van der Waals surface area contributed by atoms with E-state index in [1.807, 2.05) is 18.2 Å². The fraction of sp³-hybridized carbons (Fsp3) is 0.200. The van der Waals surface area contributed by atoms with Crippen LogP contribution >= 0.6 is 0 Å². The number of anilines is 2. The van der Waals surface area contributed by atoms with Gasteiger partial charge in [0.1, 0.15) is 23.7 Å². The van der Waals surface area contributed by atoms with Crippen molar-refractivity contribution in [2.75, 3.05) is 31.8 Å². The molecular weight excluding hydrogens is 356 g/mol. The highest BCUT2D eigenvalue weighted by Gasteiger charge is 2.09. The molecule has 1 aromatic carbocycles. The molecule has 1 amide bonds. The molecule has 28 heavy (non-hydrogen) atoms. The van der Waals surface area contributed by atoms with Gasteiger partial charge in [-0.25, -0.2) is 15.0 Å². The lowest BCUT2D eigenvalue weighted by molar-refractivity contribution is 0.0962. The number of nitrogen functional groups attached to an aromatic ring is 1. The molecular formula is C20H22N6O2. The maximum Gasteiger partial charge on any atom is 0.251 e. The van der Waals surface area contributed by atoms with Crippen molar-refractivity contribution in [1.82, 2.24) is 20.3 Å². The van der Waals surface area contributed by atoms with Gasteiger partial charge in [-0.1, -0.05) is 6.07 Å². The van der Waals surface area contributed by atoms with Crippen molar-refractivity contribution in [3.63, 3.8) is 0 Å². The maximum atomic E-state index is 11.8. The summed E-state index contributed by atoms with van der Waals surface area (Å²) in [5.74, 6) is 1.71. The number of benzene rings is 1. The summed E-state index contributed by atoms with van der Waals surface area (Å²) in [7, 11) is 3.19. The number of nitrogens with one attached hydrogen (secondary N) is 2. The number of rotatable bonds is 7. The molecule has 0 spiro atoms. The summed E-state index contributed by atoms with van der Waals surface area (Å²) in [4.78, 5) is 24.4. The molecule has 0 saturated carbocycles. The Bertz CT molecular complexity index is 959. The first-order valence-corrected chi connectivity index (χ1v) is 8.77. The number of methoxy groups -OCH3 is 1. The van der Waals surface area contributed by atoms with Crippen molar-refractivity contribution in [2.24, 2.45) is 0 Å². The minimum absolute atomic E-state index is 0.145. The van der Waals surface area contributed by atoms with Crippen LogP contribution in [0.4, 0.5) is 11.6 Å². The Labute approximate surface area is 163 Å². The van der Waals surface area contributed by atoms with Gasteiger partial charge >= 0.3 is 0 Å². The summed E-state index contributed by atoms with van der Waals surface area (Å²) in [6.45, 7) is 0.645. The van der Waals surface area contributed by atoms with Crippen LogP contribution in [0, 0.1) is 0 Å². The molecule has 0 fully saturated rings. The number of hydrogen-bond acceptors (Lipinski definition) is 7. The van der Waals surface area contributed by atoms with Crippen LogP contribution in [-0.2, 0) is 6.42 Å². The van der Waals surface area contributed by atoms with E-state index in [0.717, 1.165) is 16.8 Å². The molecule has 0 unspecified atom stereocenters. The summed E-state index contributed by atoms with van der Waals surface area (Å²) >= 11 is 0. The van der Waals surface area contributed by atoms with E-state index in [0.29, 0.717) is 35.9 Å². The van der Waals surface area contributed by atoms with Crippen molar-refractivity contribution in [3.8, 4) is 17.0 Å². The van der Waals surface area contributed by atoms with Gasteiger partial charge < -0.3 is 21.1 Å². The van der Waals surface area contributed by atoms with Gasteiger partial charge in [-0.3, -0.25) is 4.79 Å². The predicted octanol–water partition coefficient (Wildman–Crippen LogP) is 2.14. The molecule has 0 saturated heterocycles. The van der Waals surface area contributed by atoms with E-state index >= 15 is 0 Å². The number of hydrogen-bond donors (Lipinski definition) is 3. The first kappa shape index (κ1) is 19.1. The van der Waals surface area contributed by atoms with Crippen LogP contribution in [-0.4, -0.2) is 41.6 Å². The van der Waals surface area contributed by atoms with Gasteiger partial charge in [-0.15, -0.1) is 0 Å². The zero-order chi connectivity index (χ0) is 19.9. The standard InChI is InChI=1S/C20H22N6O2/c1-22-20(27)14-4-3-13(17(9-14)28-2)7-8-23-19-10-16(25-12-26-19)15-5-6-18(21)24-11-15/h3-6,9-12H,7-8H2,1-2H3,(H2,21,24)(H,22,27)(H,23,25,26). The Balaban J connectivity index is 1.66. The summed E-state index contributed by atoms with van der Waals surface area (Å²) in [6.07, 6.45) is 3.90. The number of nitrogens with zero attached hydrogens (tertiary/aromatic N) is 3. The van der Waals surface area contributed by atoms with E-state index in [4.69, 9.17) is 10.5 Å². The molecule has 8 nitrogen and oxygen atoms in total. The molecule has 3 aromatic rings. The van der Waals surface area contributed by atoms with Gasteiger partial charge in [-0.05, 0) is 36.2 Å². The number of carbonyl (C=O) groups is 1. The molecule has 4 N–H and O–H groups in total. The largest absolute Gasteiger partial charge is 0.496 e. The first-order chi connectivity index (χ1) is 13.6. The van der Waals surface area contributed by atoms with Crippen LogP contribution in [0.5, 0.6) is 5.75 Å². The molecule has 2 aromatic heterocycles. The second kappa shape index (κ2) is 8.81. The van der Waals surface area contributed by atoms with Crippen LogP contribution in [0.3, 0.4) is 0 Å². The normalized spacial score (nSPS) is 10.4. The van der Waals surface area contributed by atoms with Crippen LogP contribution < -0.4 is 21.1 Å².